The summed E-state index contributed by atoms with van der Waals surface area (Å²) in [5.41, 5.74) is 0.554. The van der Waals surface area contributed by atoms with E-state index in [1.807, 2.05) is 36.4 Å². The highest BCUT2D eigenvalue weighted by Crippen LogP contribution is 2.22. The molecule has 2 aromatic carbocycles. The van der Waals surface area contributed by atoms with E-state index in [9.17, 15) is 4.79 Å². The SMILES string of the molecule is O=C(NC1=NCCS1)c1cccc(Oc2ccccc2)c1. The lowest BCUT2D eigenvalue weighted by molar-refractivity contribution is 0.0977. The van der Waals surface area contributed by atoms with Gasteiger partial charge in [0.2, 0.25) is 0 Å². The summed E-state index contributed by atoms with van der Waals surface area (Å²) in [5, 5.41) is 3.49. The van der Waals surface area contributed by atoms with E-state index < -0.39 is 0 Å². The van der Waals surface area contributed by atoms with Gasteiger partial charge in [-0.05, 0) is 30.3 Å². The van der Waals surface area contributed by atoms with Gasteiger partial charge in [-0.3, -0.25) is 9.79 Å². The van der Waals surface area contributed by atoms with Crippen LogP contribution in [0.3, 0.4) is 0 Å². The van der Waals surface area contributed by atoms with Crippen molar-refractivity contribution in [3.63, 3.8) is 0 Å². The lowest BCUT2D eigenvalue weighted by Gasteiger charge is -2.08. The van der Waals surface area contributed by atoms with Crippen molar-refractivity contribution >= 4 is 22.8 Å². The minimum absolute atomic E-state index is 0.165. The number of nitrogens with one attached hydrogen (secondary N) is 1. The maximum absolute atomic E-state index is 12.1. The molecule has 0 spiro atoms. The van der Waals surface area contributed by atoms with Gasteiger partial charge in [-0.25, -0.2) is 0 Å². The number of amidine groups is 1. The van der Waals surface area contributed by atoms with Gasteiger partial charge >= 0.3 is 0 Å². The van der Waals surface area contributed by atoms with Crippen molar-refractivity contribution in [2.45, 2.75) is 0 Å². The van der Waals surface area contributed by atoms with E-state index in [0.717, 1.165) is 18.0 Å². The van der Waals surface area contributed by atoms with Crippen molar-refractivity contribution in [1.29, 1.82) is 0 Å². The number of para-hydroxylation sites is 1. The van der Waals surface area contributed by atoms with Crippen LogP contribution < -0.4 is 10.1 Å². The molecular weight excluding hydrogens is 284 g/mol. The number of carbonyl (C=O) groups is 1. The Morgan fingerprint density at radius 3 is 2.67 bits per heavy atom. The summed E-state index contributed by atoms with van der Waals surface area (Å²) >= 11 is 1.56. The van der Waals surface area contributed by atoms with Crippen molar-refractivity contribution in [2.24, 2.45) is 4.99 Å². The number of ether oxygens (including phenoxy) is 1. The molecule has 4 nitrogen and oxygen atoms in total. The van der Waals surface area contributed by atoms with Crippen LogP contribution in [0.15, 0.2) is 59.6 Å². The van der Waals surface area contributed by atoms with Crippen LogP contribution in [0, 0.1) is 0 Å². The molecule has 0 aliphatic carbocycles. The van der Waals surface area contributed by atoms with Gasteiger partial charge in [0.25, 0.3) is 5.91 Å². The molecule has 2 aromatic rings. The van der Waals surface area contributed by atoms with E-state index in [0.29, 0.717) is 16.5 Å². The maximum atomic E-state index is 12.1. The first-order chi connectivity index (χ1) is 10.3. The molecule has 1 aliphatic rings. The second-order valence-electron chi connectivity index (χ2n) is 4.43. The molecular formula is C16H14N2O2S. The van der Waals surface area contributed by atoms with Gasteiger partial charge in [0, 0.05) is 11.3 Å². The Hall–Kier alpha value is -2.27. The fraction of sp³-hybridized carbons (Fsp3) is 0.125. The van der Waals surface area contributed by atoms with Crippen molar-refractivity contribution in [1.82, 2.24) is 5.32 Å². The van der Waals surface area contributed by atoms with Gasteiger partial charge in [-0.2, -0.15) is 0 Å². The molecule has 3 rings (SSSR count). The third kappa shape index (κ3) is 3.64. The van der Waals surface area contributed by atoms with Crippen LogP contribution in [0.5, 0.6) is 11.5 Å². The topological polar surface area (TPSA) is 50.7 Å². The van der Waals surface area contributed by atoms with Gasteiger partial charge in [-0.1, -0.05) is 36.0 Å². The lowest BCUT2D eigenvalue weighted by atomic mass is 10.2. The highest BCUT2D eigenvalue weighted by Gasteiger charge is 2.13. The predicted molar refractivity (Wildman–Crippen MR) is 85.2 cm³/mol. The Labute approximate surface area is 127 Å². The molecule has 1 N–H and O–H groups in total. The zero-order valence-corrected chi connectivity index (χ0v) is 12.1. The van der Waals surface area contributed by atoms with Gasteiger partial charge in [-0.15, -0.1) is 0 Å². The van der Waals surface area contributed by atoms with E-state index in [1.54, 1.807) is 30.0 Å². The van der Waals surface area contributed by atoms with Crippen molar-refractivity contribution < 1.29 is 9.53 Å². The molecule has 0 fully saturated rings. The number of hydrogen-bond acceptors (Lipinski definition) is 4. The molecule has 0 radical (unpaired) electrons. The van der Waals surface area contributed by atoms with Gasteiger partial charge < -0.3 is 10.1 Å². The van der Waals surface area contributed by atoms with Crippen LogP contribution in [0.4, 0.5) is 0 Å². The Kier molecular flexibility index (Phi) is 4.21. The molecule has 0 saturated carbocycles. The first kappa shape index (κ1) is 13.7. The summed E-state index contributed by atoms with van der Waals surface area (Å²) in [5.74, 6) is 2.13. The number of thioether (sulfide) groups is 1. The van der Waals surface area contributed by atoms with Crippen LogP contribution in [0.2, 0.25) is 0 Å². The first-order valence-electron chi connectivity index (χ1n) is 6.63. The average Bonchev–Trinajstić information content (AvgIpc) is 3.01. The largest absolute Gasteiger partial charge is 0.457 e. The Morgan fingerprint density at radius 1 is 1.10 bits per heavy atom. The molecule has 1 aliphatic heterocycles. The van der Waals surface area contributed by atoms with E-state index in [4.69, 9.17) is 4.74 Å². The van der Waals surface area contributed by atoms with Crippen molar-refractivity contribution in [3.05, 3.63) is 60.2 Å². The zero-order valence-electron chi connectivity index (χ0n) is 11.3. The van der Waals surface area contributed by atoms with Crippen LogP contribution in [-0.2, 0) is 0 Å². The van der Waals surface area contributed by atoms with E-state index in [2.05, 4.69) is 10.3 Å². The summed E-state index contributed by atoms with van der Waals surface area (Å²) in [6, 6.07) is 16.6. The van der Waals surface area contributed by atoms with Gasteiger partial charge in [0.15, 0.2) is 5.17 Å². The molecule has 0 atom stereocenters. The maximum Gasteiger partial charge on any atom is 0.257 e. The molecule has 0 aromatic heterocycles. The Morgan fingerprint density at radius 2 is 1.90 bits per heavy atom. The second-order valence-corrected chi connectivity index (χ2v) is 5.52. The minimum atomic E-state index is -0.165. The Balaban J connectivity index is 1.72. The number of nitrogens with zero attached hydrogens (tertiary/aromatic N) is 1. The number of rotatable bonds is 3. The summed E-state index contributed by atoms with van der Waals surface area (Å²) < 4.78 is 5.72. The summed E-state index contributed by atoms with van der Waals surface area (Å²) in [6.07, 6.45) is 0. The van der Waals surface area contributed by atoms with Crippen molar-refractivity contribution in [2.75, 3.05) is 12.3 Å². The van der Waals surface area contributed by atoms with Crippen molar-refractivity contribution in [3.8, 4) is 11.5 Å². The fourth-order valence-electron chi connectivity index (χ4n) is 1.91. The van der Waals surface area contributed by atoms with E-state index in [-0.39, 0.29) is 5.91 Å². The fourth-order valence-corrected chi connectivity index (χ4v) is 2.63. The molecule has 1 amide bonds. The van der Waals surface area contributed by atoms with E-state index >= 15 is 0 Å². The molecule has 106 valence electrons. The highest BCUT2D eigenvalue weighted by atomic mass is 32.2. The molecule has 21 heavy (non-hydrogen) atoms. The van der Waals surface area contributed by atoms with Crippen LogP contribution in [0.1, 0.15) is 10.4 Å². The van der Waals surface area contributed by atoms with Gasteiger partial charge in [0.05, 0.1) is 6.54 Å². The van der Waals surface area contributed by atoms with E-state index in [1.165, 1.54) is 0 Å². The Bertz CT molecular complexity index is 671. The summed E-state index contributed by atoms with van der Waals surface area (Å²) in [6.45, 7) is 0.761. The minimum Gasteiger partial charge on any atom is -0.457 e. The molecule has 0 unspecified atom stereocenters. The van der Waals surface area contributed by atoms with Crippen LogP contribution in [-0.4, -0.2) is 23.4 Å². The third-order valence-electron chi connectivity index (χ3n) is 2.88. The smallest absolute Gasteiger partial charge is 0.257 e. The number of benzene rings is 2. The van der Waals surface area contributed by atoms with Crippen LogP contribution in [0.25, 0.3) is 0 Å². The monoisotopic (exact) mass is 298 g/mol. The standard InChI is InChI=1S/C16H14N2O2S/c19-15(18-16-17-9-10-21-16)12-5-4-8-14(11-12)20-13-6-2-1-3-7-13/h1-8,11H,9-10H2,(H,17,18,19). The number of aliphatic imine (C=N–C) groups is 1. The third-order valence-corrected chi connectivity index (χ3v) is 3.77. The molecule has 5 heteroatoms. The second kappa shape index (κ2) is 6.45. The zero-order chi connectivity index (χ0) is 14.5. The van der Waals surface area contributed by atoms with Gasteiger partial charge in [0.1, 0.15) is 11.5 Å². The summed E-state index contributed by atoms with van der Waals surface area (Å²) in [7, 11) is 0. The normalized spacial score (nSPS) is 13.6. The number of carbonyl (C=O) groups excluding carboxylic acids is 1. The summed E-state index contributed by atoms with van der Waals surface area (Å²) in [4.78, 5) is 16.4. The number of amides is 1. The molecule has 0 saturated heterocycles. The quantitative estimate of drug-likeness (QED) is 0.945. The predicted octanol–water partition coefficient (Wildman–Crippen LogP) is 3.31. The highest BCUT2D eigenvalue weighted by molar-refractivity contribution is 8.14. The molecule has 0 bridgehead atoms. The molecule has 1 heterocycles. The van der Waals surface area contributed by atoms with Crippen LogP contribution >= 0.6 is 11.8 Å². The lowest BCUT2D eigenvalue weighted by Crippen LogP contribution is -2.27. The number of hydrogen-bond donors (Lipinski definition) is 1. The average molecular weight is 298 g/mol. The first-order valence-corrected chi connectivity index (χ1v) is 7.61.